The van der Waals surface area contributed by atoms with Crippen molar-refractivity contribution in [1.82, 2.24) is 20.0 Å². The summed E-state index contributed by atoms with van der Waals surface area (Å²) in [7, 11) is 0. The van der Waals surface area contributed by atoms with Crippen molar-refractivity contribution >= 4 is 17.5 Å². The molecule has 1 aromatic carbocycles. The van der Waals surface area contributed by atoms with E-state index in [1.807, 2.05) is 0 Å². The smallest absolute Gasteiger partial charge is 0.289 e. The fraction of sp³-hybridized carbons (Fsp3) is 0.333. The number of aromatic nitrogens is 2. The van der Waals surface area contributed by atoms with Gasteiger partial charge in [-0.05, 0) is 42.7 Å². The zero-order valence-electron chi connectivity index (χ0n) is 18.5. The van der Waals surface area contributed by atoms with Crippen molar-refractivity contribution in [2.24, 2.45) is 0 Å². The third-order valence-electron chi connectivity index (χ3n) is 6.28. The minimum absolute atomic E-state index is 0.0189. The molecule has 1 saturated heterocycles. The van der Waals surface area contributed by atoms with Crippen molar-refractivity contribution in [2.45, 2.75) is 19.3 Å². The van der Waals surface area contributed by atoms with Crippen LogP contribution in [-0.4, -0.2) is 64.5 Å². The molecule has 2 aliphatic heterocycles. The summed E-state index contributed by atoms with van der Waals surface area (Å²) in [6.07, 6.45) is 3.33. The van der Waals surface area contributed by atoms with Crippen molar-refractivity contribution < 1.29 is 18.4 Å². The van der Waals surface area contributed by atoms with E-state index in [2.05, 4.69) is 15.5 Å². The van der Waals surface area contributed by atoms with Crippen molar-refractivity contribution in [3.05, 3.63) is 80.9 Å². The molecule has 4 heterocycles. The van der Waals surface area contributed by atoms with Crippen molar-refractivity contribution in [3.63, 3.8) is 0 Å². The van der Waals surface area contributed by atoms with Crippen LogP contribution in [0.2, 0.25) is 0 Å². The molecule has 176 valence electrons. The van der Waals surface area contributed by atoms with Gasteiger partial charge in [0.2, 0.25) is 0 Å². The number of carbonyl (C=O) groups excluding carboxylic acids is 2. The molecule has 1 fully saturated rings. The fourth-order valence-corrected chi connectivity index (χ4v) is 4.46. The van der Waals surface area contributed by atoms with E-state index in [4.69, 9.17) is 4.42 Å². The van der Waals surface area contributed by atoms with Crippen LogP contribution in [0.3, 0.4) is 0 Å². The minimum Gasteiger partial charge on any atom is -0.459 e. The van der Waals surface area contributed by atoms with Crippen LogP contribution >= 0.6 is 0 Å². The first kappa shape index (κ1) is 21.9. The Balaban J connectivity index is 1.30. The number of fused-ring (bicyclic) bond motifs is 1. The second-order valence-corrected chi connectivity index (χ2v) is 8.44. The van der Waals surface area contributed by atoms with Crippen LogP contribution in [0.25, 0.3) is 0 Å². The second-order valence-electron chi connectivity index (χ2n) is 8.44. The minimum atomic E-state index is -0.600. The summed E-state index contributed by atoms with van der Waals surface area (Å²) in [5.74, 6) is -0.988. The Morgan fingerprint density at radius 3 is 2.59 bits per heavy atom. The number of benzene rings is 1. The summed E-state index contributed by atoms with van der Waals surface area (Å²) in [6, 6.07) is 7.70. The average Bonchev–Trinajstić information content (AvgIpc) is 3.41. The Morgan fingerprint density at radius 2 is 1.85 bits per heavy atom. The lowest BCUT2D eigenvalue weighted by molar-refractivity contribution is 0.0515. The number of nitrogens with zero attached hydrogens (tertiary/aromatic N) is 3. The molecule has 9 nitrogen and oxygen atoms in total. The Labute approximate surface area is 194 Å². The maximum atomic E-state index is 14.6. The second kappa shape index (κ2) is 9.12. The molecule has 2 amide bonds. The molecular formula is C24H24FN5O4. The molecule has 2 aliphatic rings. The SMILES string of the molecule is O=C(c1ccco1)N1CCN(C(=O)c2cc(Cc3n[nH]c(=O)c4c3NCCC4)ccc2F)CC1. The molecule has 0 atom stereocenters. The number of anilines is 1. The zero-order chi connectivity index (χ0) is 23.7. The van der Waals surface area contributed by atoms with E-state index < -0.39 is 11.7 Å². The molecule has 5 rings (SSSR count). The number of hydrogen-bond donors (Lipinski definition) is 2. The van der Waals surface area contributed by atoms with Gasteiger partial charge < -0.3 is 19.5 Å². The molecule has 0 aliphatic carbocycles. The number of carbonyl (C=O) groups is 2. The predicted molar refractivity (Wildman–Crippen MR) is 121 cm³/mol. The van der Waals surface area contributed by atoms with E-state index in [9.17, 15) is 18.8 Å². The van der Waals surface area contributed by atoms with Crippen LogP contribution in [0.15, 0.2) is 45.8 Å². The standard InChI is InChI=1S/C24H24FN5O4/c25-18-6-5-15(14-19-21-16(3-1-7-26-21)22(31)28-27-19)13-17(18)23(32)29-8-10-30(11-9-29)24(33)20-4-2-12-34-20/h2,4-6,12-13,26H,1,3,7-11,14H2,(H,28,31). The van der Waals surface area contributed by atoms with Crippen molar-refractivity contribution in [1.29, 1.82) is 0 Å². The summed E-state index contributed by atoms with van der Waals surface area (Å²) < 4.78 is 19.8. The Morgan fingerprint density at radius 1 is 1.09 bits per heavy atom. The lowest BCUT2D eigenvalue weighted by Gasteiger charge is -2.34. The first-order chi connectivity index (χ1) is 16.5. The van der Waals surface area contributed by atoms with Crippen LogP contribution in [-0.2, 0) is 12.8 Å². The van der Waals surface area contributed by atoms with Crippen molar-refractivity contribution in [2.75, 3.05) is 38.0 Å². The van der Waals surface area contributed by atoms with Gasteiger partial charge in [-0.1, -0.05) is 6.07 Å². The molecule has 2 N–H and O–H groups in total. The number of rotatable bonds is 4. The lowest BCUT2D eigenvalue weighted by Crippen LogP contribution is -2.50. The van der Waals surface area contributed by atoms with E-state index >= 15 is 0 Å². The normalized spacial score (nSPS) is 15.6. The molecule has 0 unspecified atom stereocenters. The number of aromatic amines is 1. The first-order valence-corrected chi connectivity index (χ1v) is 11.3. The molecular weight excluding hydrogens is 441 g/mol. The van der Waals surface area contributed by atoms with Crippen LogP contribution in [0, 0.1) is 5.82 Å². The fourth-order valence-electron chi connectivity index (χ4n) is 4.46. The van der Waals surface area contributed by atoms with Gasteiger partial charge >= 0.3 is 0 Å². The number of piperazine rings is 1. The summed E-state index contributed by atoms with van der Waals surface area (Å²) >= 11 is 0. The number of halogens is 1. The van der Waals surface area contributed by atoms with Gasteiger partial charge in [0.25, 0.3) is 17.4 Å². The van der Waals surface area contributed by atoms with Crippen LogP contribution in [0.4, 0.5) is 10.1 Å². The highest BCUT2D eigenvalue weighted by Crippen LogP contribution is 2.24. The van der Waals surface area contributed by atoms with Crippen LogP contribution in [0.1, 0.15) is 44.2 Å². The Bertz CT molecular complexity index is 1280. The number of amides is 2. The monoisotopic (exact) mass is 465 g/mol. The van der Waals surface area contributed by atoms with Gasteiger partial charge in [-0.3, -0.25) is 14.4 Å². The van der Waals surface area contributed by atoms with Gasteiger partial charge in [0.15, 0.2) is 5.76 Å². The number of hydrogen-bond acceptors (Lipinski definition) is 6. The van der Waals surface area contributed by atoms with E-state index in [-0.39, 0.29) is 22.8 Å². The lowest BCUT2D eigenvalue weighted by atomic mass is 9.99. The van der Waals surface area contributed by atoms with E-state index in [0.717, 1.165) is 18.7 Å². The van der Waals surface area contributed by atoms with Gasteiger partial charge in [0.05, 0.1) is 23.2 Å². The Hall–Kier alpha value is -3.95. The highest BCUT2D eigenvalue weighted by Gasteiger charge is 2.28. The summed E-state index contributed by atoms with van der Waals surface area (Å²) in [4.78, 5) is 40.8. The largest absolute Gasteiger partial charge is 0.459 e. The highest BCUT2D eigenvalue weighted by molar-refractivity contribution is 5.95. The number of H-pyrrole nitrogens is 1. The maximum Gasteiger partial charge on any atom is 0.289 e. The molecule has 0 saturated carbocycles. The highest BCUT2D eigenvalue weighted by atomic mass is 19.1. The van der Waals surface area contributed by atoms with Crippen molar-refractivity contribution in [3.8, 4) is 0 Å². The molecule has 0 bridgehead atoms. The molecule has 10 heteroatoms. The summed E-state index contributed by atoms with van der Waals surface area (Å²) in [6.45, 7) is 2.03. The van der Waals surface area contributed by atoms with E-state index in [1.54, 1.807) is 34.1 Å². The van der Waals surface area contributed by atoms with E-state index in [0.29, 0.717) is 55.8 Å². The number of nitrogens with one attached hydrogen (secondary N) is 2. The topological polar surface area (TPSA) is 112 Å². The quantitative estimate of drug-likeness (QED) is 0.610. The van der Waals surface area contributed by atoms with Gasteiger partial charge in [-0.25, -0.2) is 9.49 Å². The van der Waals surface area contributed by atoms with E-state index in [1.165, 1.54) is 12.3 Å². The molecule has 0 spiro atoms. The van der Waals surface area contributed by atoms with Gasteiger partial charge in [0.1, 0.15) is 5.82 Å². The maximum absolute atomic E-state index is 14.6. The van der Waals surface area contributed by atoms with Gasteiger partial charge in [-0.2, -0.15) is 5.10 Å². The molecule has 34 heavy (non-hydrogen) atoms. The first-order valence-electron chi connectivity index (χ1n) is 11.3. The average molecular weight is 465 g/mol. The third kappa shape index (κ3) is 4.18. The number of furan rings is 1. The molecule has 2 aromatic heterocycles. The summed E-state index contributed by atoms with van der Waals surface area (Å²) in [5.41, 5.74) is 2.55. The van der Waals surface area contributed by atoms with Crippen LogP contribution < -0.4 is 10.9 Å². The predicted octanol–water partition coefficient (Wildman–Crippen LogP) is 2.05. The third-order valence-corrected chi connectivity index (χ3v) is 6.28. The molecule has 3 aromatic rings. The van der Waals surface area contributed by atoms with Gasteiger partial charge in [-0.15, -0.1) is 0 Å². The molecule has 0 radical (unpaired) electrons. The Kier molecular flexibility index (Phi) is 5.87. The summed E-state index contributed by atoms with van der Waals surface area (Å²) in [5, 5.41) is 9.97. The zero-order valence-corrected chi connectivity index (χ0v) is 18.5. The van der Waals surface area contributed by atoms with Gasteiger partial charge in [0, 0.05) is 44.7 Å². The van der Waals surface area contributed by atoms with Crippen LogP contribution in [0.5, 0.6) is 0 Å².